The number of unbranched alkanes of at least 4 members (excludes halogenated alkanes) is 1. The van der Waals surface area contributed by atoms with Crippen molar-refractivity contribution in [1.82, 2.24) is 10.3 Å². The monoisotopic (exact) mass is 284 g/mol. The number of fused-ring (bicyclic) bond motifs is 1. The maximum absolute atomic E-state index is 4.47. The van der Waals surface area contributed by atoms with Crippen molar-refractivity contribution in [3.05, 3.63) is 42.1 Å². The standard InChI is InChI=1S/C19H28N2/c1-4-6-9-15(5-2)19(20-3)14-16-12-13-21-18-11-8-7-10-17(16)18/h7-8,10-13,15,19-20H,4-6,9,14H2,1-3H3. The molecule has 0 spiro atoms. The Balaban J connectivity index is 2.19. The van der Waals surface area contributed by atoms with Gasteiger partial charge in [0.2, 0.25) is 0 Å². The van der Waals surface area contributed by atoms with Gasteiger partial charge in [-0.2, -0.15) is 0 Å². The molecule has 0 aliphatic carbocycles. The van der Waals surface area contributed by atoms with Gasteiger partial charge in [-0.1, -0.05) is 51.3 Å². The number of nitrogens with one attached hydrogen (secondary N) is 1. The molecule has 21 heavy (non-hydrogen) atoms. The Bertz CT molecular complexity index is 545. The van der Waals surface area contributed by atoms with Gasteiger partial charge < -0.3 is 5.32 Å². The van der Waals surface area contributed by atoms with Gasteiger partial charge in [0.1, 0.15) is 0 Å². The van der Waals surface area contributed by atoms with E-state index in [9.17, 15) is 0 Å². The smallest absolute Gasteiger partial charge is 0.0704 e. The van der Waals surface area contributed by atoms with E-state index in [0.717, 1.165) is 17.9 Å². The molecular formula is C19H28N2. The highest BCUT2D eigenvalue weighted by molar-refractivity contribution is 5.81. The van der Waals surface area contributed by atoms with Crippen molar-refractivity contribution >= 4 is 10.9 Å². The number of nitrogens with zero attached hydrogens (tertiary/aromatic N) is 1. The first-order chi connectivity index (χ1) is 10.3. The van der Waals surface area contributed by atoms with Crippen LogP contribution in [0.4, 0.5) is 0 Å². The SMILES string of the molecule is CCCCC(CC)C(Cc1ccnc2ccccc12)NC. The minimum Gasteiger partial charge on any atom is -0.316 e. The van der Waals surface area contributed by atoms with Gasteiger partial charge in [0.05, 0.1) is 5.52 Å². The van der Waals surface area contributed by atoms with Crippen molar-refractivity contribution in [2.24, 2.45) is 5.92 Å². The topological polar surface area (TPSA) is 24.9 Å². The predicted molar refractivity (Wildman–Crippen MR) is 91.6 cm³/mol. The third kappa shape index (κ3) is 4.04. The summed E-state index contributed by atoms with van der Waals surface area (Å²) in [5, 5.41) is 4.85. The maximum Gasteiger partial charge on any atom is 0.0704 e. The van der Waals surface area contributed by atoms with Gasteiger partial charge in [0.15, 0.2) is 0 Å². The van der Waals surface area contributed by atoms with E-state index >= 15 is 0 Å². The molecule has 1 aromatic carbocycles. The molecule has 2 unspecified atom stereocenters. The molecule has 0 radical (unpaired) electrons. The molecule has 0 saturated heterocycles. The lowest BCUT2D eigenvalue weighted by Gasteiger charge is -2.26. The molecule has 0 saturated carbocycles. The Morgan fingerprint density at radius 3 is 2.67 bits per heavy atom. The van der Waals surface area contributed by atoms with Crippen LogP contribution in [0.5, 0.6) is 0 Å². The Kier molecular flexibility index (Phi) is 6.19. The van der Waals surface area contributed by atoms with Gasteiger partial charge in [-0.3, -0.25) is 4.98 Å². The van der Waals surface area contributed by atoms with E-state index in [-0.39, 0.29) is 0 Å². The minimum atomic E-state index is 0.548. The average molecular weight is 284 g/mol. The number of aromatic nitrogens is 1. The van der Waals surface area contributed by atoms with Crippen LogP contribution in [0, 0.1) is 5.92 Å². The molecule has 1 aromatic heterocycles. The van der Waals surface area contributed by atoms with Gasteiger partial charge in [-0.25, -0.2) is 0 Å². The van der Waals surface area contributed by atoms with Crippen LogP contribution in [0.15, 0.2) is 36.5 Å². The number of para-hydroxylation sites is 1. The zero-order chi connectivity index (χ0) is 15.1. The molecule has 2 heteroatoms. The summed E-state index contributed by atoms with van der Waals surface area (Å²) in [6.07, 6.45) is 8.20. The van der Waals surface area contributed by atoms with Gasteiger partial charge in [-0.05, 0) is 43.5 Å². The number of hydrogen-bond donors (Lipinski definition) is 1. The second-order valence-electron chi connectivity index (χ2n) is 5.90. The summed E-state index contributed by atoms with van der Waals surface area (Å²) < 4.78 is 0. The Morgan fingerprint density at radius 1 is 1.14 bits per heavy atom. The molecule has 0 aliphatic heterocycles. The highest BCUT2D eigenvalue weighted by atomic mass is 14.9. The van der Waals surface area contributed by atoms with Crippen LogP contribution in [-0.2, 0) is 6.42 Å². The van der Waals surface area contributed by atoms with Crippen LogP contribution < -0.4 is 5.32 Å². The van der Waals surface area contributed by atoms with Crippen molar-refractivity contribution in [2.45, 2.75) is 52.0 Å². The minimum absolute atomic E-state index is 0.548. The average Bonchev–Trinajstić information content (AvgIpc) is 2.54. The van der Waals surface area contributed by atoms with E-state index in [0.29, 0.717) is 6.04 Å². The molecular weight excluding hydrogens is 256 g/mol. The third-order valence-corrected chi connectivity index (χ3v) is 4.57. The lowest BCUT2D eigenvalue weighted by Crippen LogP contribution is -2.35. The van der Waals surface area contributed by atoms with E-state index in [4.69, 9.17) is 0 Å². The molecule has 0 amide bonds. The summed E-state index contributed by atoms with van der Waals surface area (Å²) >= 11 is 0. The summed E-state index contributed by atoms with van der Waals surface area (Å²) in [5.74, 6) is 0.752. The second kappa shape index (κ2) is 8.14. The van der Waals surface area contributed by atoms with Gasteiger partial charge in [-0.15, -0.1) is 0 Å². The molecule has 2 nitrogen and oxygen atoms in total. The van der Waals surface area contributed by atoms with E-state index < -0.39 is 0 Å². The van der Waals surface area contributed by atoms with Crippen LogP contribution in [0.25, 0.3) is 10.9 Å². The first-order valence-corrected chi connectivity index (χ1v) is 8.30. The first kappa shape index (κ1) is 16.0. The summed E-state index contributed by atoms with van der Waals surface area (Å²) in [4.78, 5) is 4.47. The molecule has 1 N–H and O–H groups in total. The predicted octanol–water partition coefficient (Wildman–Crippen LogP) is 4.58. The van der Waals surface area contributed by atoms with Crippen LogP contribution >= 0.6 is 0 Å². The number of hydrogen-bond acceptors (Lipinski definition) is 2. The number of rotatable bonds is 8. The van der Waals surface area contributed by atoms with Crippen molar-refractivity contribution in [3.63, 3.8) is 0 Å². The van der Waals surface area contributed by atoms with Gasteiger partial charge in [0.25, 0.3) is 0 Å². The Labute approximate surface area is 129 Å². The van der Waals surface area contributed by atoms with Gasteiger partial charge >= 0.3 is 0 Å². The number of benzene rings is 1. The van der Waals surface area contributed by atoms with E-state index in [1.807, 2.05) is 6.20 Å². The number of likely N-dealkylation sites (N-methyl/N-ethyl adjacent to an activating group) is 1. The Morgan fingerprint density at radius 2 is 1.95 bits per heavy atom. The van der Waals surface area contributed by atoms with Crippen molar-refractivity contribution in [2.75, 3.05) is 7.05 Å². The first-order valence-electron chi connectivity index (χ1n) is 8.30. The summed E-state index contributed by atoms with van der Waals surface area (Å²) in [5.41, 5.74) is 2.52. The van der Waals surface area contributed by atoms with Crippen LogP contribution in [0.2, 0.25) is 0 Å². The fourth-order valence-corrected chi connectivity index (χ4v) is 3.23. The molecule has 2 rings (SSSR count). The fourth-order valence-electron chi connectivity index (χ4n) is 3.23. The largest absolute Gasteiger partial charge is 0.316 e. The Hall–Kier alpha value is -1.41. The molecule has 1 heterocycles. The van der Waals surface area contributed by atoms with E-state index in [1.165, 1.54) is 36.6 Å². The zero-order valence-corrected chi connectivity index (χ0v) is 13.6. The fraction of sp³-hybridized carbons (Fsp3) is 0.526. The quantitative estimate of drug-likeness (QED) is 0.767. The molecule has 0 fully saturated rings. The zero-order valence-electron chi connectivity index (χ0n) is 13.6. The highest BCUT2D eigenvalue weighted by Crippen LogP contribution is 2.23. The lowest BCUT2D eigenvalue weighted by molar-refractivity contribution is 0.331. The summed E-state index contributed by atoms with van der Waals surface area (Å²) in [7, 11) is 2.10. The van der Waals surface area contributed by atoms with Crippen molar-refractivity contribution < 1.29 is 0 Å². The molecule has 2 aromatic rings. The van der Waals surface area contributed by atoms with E-state index in [1.54, 1.807) is 0 Å². The van der Waals surface area contributed by atoms with Crippen LogP contribution in [0.3, 0.4) is 0 Å². The highest BCUT2D eigenvalue weighted by Gasteiger charge is 2.19. The van der Waals surface area contributed by atoms with Crippen LogP contribution in [-0.4, -0.2) is 18.1 Å². The van der Waals surface area contributed by atoms with Gasteiger partial charge in [0, 0.05) is 17.6 Å². The van der Waals surface area contributed by atoms with Crippen LogP contribution in [0.1, 0.15) is 45.1 Å². The molecule has 0 bridgehead atoms. The third-order valence-electron chi connectivity index (χ3n) is 4.57. The maximum atomic E-state index is 4.47. The molecule has 0 aliphatic rings. The molecule has 2 atom stereocenters. The summed E-state index contributed by atoms with van der Waals surface area (Å²) in [6.45, 7) is 4.59. The van der Waals surface area contributed by atoms with Crippen molar-refractivity contribution in [1.29, 1.82) is 0 Å². The second-order valence-corrected chi connectivity index (χ2v) is 5.90. The molecule has 114 valence electrons. The number of pyridine rings is 1. The normalized spacial score (nSPS) is 14.2. The van der Waals surface area contributed by atoms with Crippen molar-refractivity contribution in [3.8, 4) is 0 Å². The lowest BCUT2D eigenvalue weighted by atomic mass is 9.87. The van der Waals surface area contributed by atoms with E-state index in [2.05, 4.69) is 61.5 Å². The summed E-state index contributed by atoms with van der Waals surface area (Å²) in [6, 6.07) is 11.2.